The van der Waals surface area contributed by atoms with Crippen molar-refractivity contribution < 1.29 is 34.1 Å². The van der Waals surface area contributed by atoms with E-state index in [-0.39, 0.29) is 24.8 Å². The van der Waals surface area contributed by atoms with E-state index in [0.717, 1.165) is 70.6 Å². The van der Waals surface area contributed by atoms with Gasteiger partial charge in [0.05, 0.1) is 13.2 Å². The number of allylic oxidation sites excluding steroid dienone is 17. The number of nitrogens with one attached hydrogen (secondary N) is 2. The monoisotopic (exact) mass is 749 g/mol. The Bertz CT molecular complexity index is 1270. The predicted molar refractivity (Wildman–Crippen MR) is 222 cm³/mol. The molecule has 0 rings (SSSR count). The van der Waals surface area contributed by atoms with Gasteiger partial charge in [0, 0.05) is 12.8 Å². The molecule has 54 heavy (non-hydrogen) atoms. The number of carboxylic acid groups (broad SMARTS) is 1. The Morgan fingerprint density at radius 3 is 1.52 bits per heavy atom. The second-order valence-electron chi connectivity index (χ2n) is 12.6. The highest BCUT2D eigenvalue weighted by molar-refractivity contribution is 5.87. The molecule has 0 aromatic heterocycles. The van der Waals surface area contributed by atoms with E-state index in [0.29, 0.717) is 32.1 Å². The molecule has 2 unspecified atom stereocenters. The number of carbonyl (C=O) groups is 4. The lowest BCUT2D eigenvalue weighted by atomic mass is 10.1. The Kier molecular flexibility index (Phi) is 35.0. The summed E-state index contributed by atoms with van der Waals surface area (Å²) < 4.78 is 5.81. The normalized spacial score (nSPS) is 13.7. The van der Waals surface area contributed by atoms with Gasteiger partial charge >= 0.3 is 11.9 Å². The average Bonchev–Trinajstić information content (AvgIpc) is 3.16. The standard InChI is InChI=1S/C45H68N2O7/c1-3-5-7-9-11-13-15-17-19-21-23-25-27-29-31-37-44(51)54-40(34-30-28-26-24-22-20-18-16-14-12-10-8-6-4-2)35-32-33-36-42(49)46-38-43(50)47-41(39-48)45(52)53/h5-8,11-14,17-20,23-26,30,34,40-41,48H,3-4,9-10,15-16,21-22,27-29,31-33,35-39H2,1-2H3,(H,46,49)(H,47,50)(H,52,53)/b7-5-,8-6-,13-11-,14-12-,19-17-,20-18-,25-23-,26-24-,34-30-. The largest absolute Gasteiger partial charge is 0.480 e. The minimum Gasteiger partial charge on any atom is -0.480 e. The lowest BCUT2D eigenvalue weighted by molar-refractivity contribution is -0.147. The number of aliphatic carboxylic acids is 1. The third kappa shape index (κ3) is 34.6. The van der Waals surface area contributed by atoms with Crippen LogP contribution in [0.4, 0.5) is 0 Å². The molecule has 0 spiro atoms. The first kappa shape index (κ1) is 49.5. The van der Waals surface area contributed by atoms with E-state index in [9.17, 15) is 19.2 Å². The first-order chi connectivity index (χ1) is 26.3. The van der Waals surface area contributed by atoms with Crippen molar-refractivity contribution in [3.63, 3.8) is 0 Å². The van der Waals surface area contributed by atoms with Crippen molar-refractivity contribution in [2.45, 2.75) is 135 Å². The number of rotatable bonds is 33. The number of carboxylic acids is 1. The van der Waals surface area contributed by atoms with Gasteiger partial charge in [-0.25, -0.2) is 4.79 Å². The topological polar surface area (TPSA) is 142 Å². The quantitative estimate of drug-likeness (QED) is 0.0298. The van der Waals surface area contributed by atoms with Gasteiger partial charge in [-0.05, 0) is 102 Å². The molecule has 9 heteroatoms. The summed E-state index contributed by atoms with van der Waals surface area (Å²) in [6.45, 7) is 3.13. The minimum absolute atomic E-state index is 0.166. The molecule has 0 aliphatic carbocycles. The highest BCUT2D eigenvalue weighted by Gasteiger charge is 2.19. The summed E-state index contributed by atoms with van der Waals surface area (Å²) in [4.78, 5) is 47.7. The Hall–Kier alpha value is -4.50. The maximum absolute atomic E-state index is 12.7. The first-order valence-corrected chi connectivity index (χ1v) is 19.8. The van der Waals surface area contributed by atoms with E-state index in [1.165, 1.54) is 0 Å². The van der Waals surface area contributed by atoms with Crippen molar-refractivity contribution in [3.8, 4) is 0 Å². The highest BCUT2D eigenvalue weighted by Crippen LogP contribution is 2.12. The van der Waals surface area contributed by atoms with Crippen molar-refractivity contribution in [1.82, 2.24) is 10.6 Å². The molecule has 0 saturated carbocycles. The van der Waals surface area contributed by atoms with Crippen LogP contribution >= 0.6 is 0 Å². The van der Waals surface area contributed by atoms with Crippen LogP contribution in [0.1, 0.15) is 123 Å². The number of aliphatic hydroxyl groups is 1. The van der Waals surface area contributed by atoms with Crippen molar-refractivity contribution in [1.29, 1.82) is 0 Å². The number of carbonyl (C=O) groups excluding carboxylic acids is 3. The SMILES string of the molecule is CC/C=C\C/C=C\C/C=C\C/C=C\C/C=C\C(CCCCC(=O)NCC(=O)NC(CO)C(=O)O)OC(=O)CCCC/C=C\C/C=C\C/C=C\C/C=C\CC. The van der Waals surface area contributed by atoms with Crippen LogP contribution in [0, 0.1) is 0 Å². The molecule has 0 radical (unpaired) electrons. The summed E-state index contributed by atoms with van der Waals surface area (Å²) in [6, 6.07) is -1.42. The van der Waals surface area contributed by atoms with Crippen LogP contribution in [0.25, 0.3) is 0 Å². The van der Waals surface area contributed by atoms with E-state index < -0.39 is 30.6 Å². The molecule has 9 nitrogen and oxygen atoms in total. The number of esters is 1. The van der Waals surface area contributed by atoms with Gasteiger partial charge in [0.2, 0.25) is 11.8 Å². The molecule has 0 aliphatic rings. The molecule has 4 N–H and O–H groups in total. The maximum Gasteiger partial charge on any atom is 0.328 e. The molecule has 2 atom stereocenters. The fourth-order valence-electron chi connectivity index (χ4n) is 4.77. The number of unbranched alkanes of at least 4 members (excludes halogenated alkanes) is 3. The second kappa shape index (κ2) is 38.2. The number of hydrogen-bond donors (Lipinski definition) is 4. The molecule has 0 fully saturated rings. The molecule has 0 aliphatic heterocycles. The summed E-state index contributed by atoms with van der Waals surface area (Å²) >= 11 is 0. The third-order valence-electron chi connectivity index (χ3n) is 7.75. The maximum atomic E-state index is 12.7. The van der Waals surface area contributed by atoms with Crippen molar-refractivity contribution in [2.75, 3.05) is 13.2 Å². The van der Waals surface area contributed by atoms with Crippen LogP contribution < -0.4 is 10.6 Å². The Labute approximate surface area is 325 Å². The third-order valence-corrected chi connectivity index (χ3v) is 7.75. The molecule has 300 valence electrons. The lowest BCUT2D eigenvalue weighted by Gasteiger charge is -2.15. The smallest absolute Gasteiger partial charge is 0.328 e. The van der Waals surface area contributed by atoms with Crippen LogP contribution in [0.2, 0.25) is 0 Å². The molecule has 0 aromatic carbocycles. The fourth-order valence-corrected chi connectivity index (χ4v) is 4.77. The minimum atomic E-state index is -1.42. The number of ether oxygens (including phenoxy) is 1. The van der Waals surface area contributed by atoms with Crippen LogP contribution in [-0.2, 0) is 23.9 Å². The molecular formula is C45H68N2O7. The molecule has 0 saturated heterocycles. The Morgan fingerprint density at radius 2 is 1.04 bits per heavy atom. The van der Waals surface area contributed by atoms with Crippen molar-refractivity contribution >= 4 is 23.8 Å². The summed E-state index contributed by atoms with van der Waals surface area (Å²) in [5, 5.41) is 22.5. The highest BCUT2D eigenvalue weighted by atomic mass is 16.5. The number of amides is 2. The number of hydrogen-bond acceptors (Lipinski definition) is 6. The summed E-state index contributed by atoms with van der Waals surface area (Å²) in [5.74, 6) is -2.65. The molecule has 0 bridgehead atoms. The van der Waals surface area contributed by atoms with Crippen molar-refractivity contribution in [3.05, 3.63) is 109 Å². The van der Waals surface area contributed by atoms with Gasteiger partial charge in [-0.15, -0.1) is 0 Å². The van der Waals surface area contributed by atoms with E-state index in [4.69, 9.17) is 14.9 Å². The molecule has 0 heterocycles. The van der Waals surface area contributed by atoms with E-state index in [1.807, 2.05) is 12.2 Å². The molecule has 2 amide bonds. The summed E-state index contributed by atoms with van der Waals surface area (Å²) in [6.07, 6.45) is 51.2. The predicted octanol–water partition coefficient (Wildman–Crippen LogP) is 9.25. The van der Waals surface area contributed by atoms with Crippen LogP contribution in [0.3, 0.4) is 0 Å². The number of aliphatic hydroxyl groups excluding tert-OH is 1. The van der Waals surface area contributed by atoms with Gasteiger partial charge in [-0.3, -0.25) is 14.4 Å². The van der Waals surface area contributed by atoms with Crippen molar-refractivity contribution in [2.24, 2.45) is 0 Å². The van der Waals surface area contributed by atoms with Gasteiger partial charge < -0.3 is 25.6 Å². The molecular weight excluding hydrogens is 681 g/mol. The Morgan fingerprint density at radius 1 is 0.574 bits per heavy atom. The lowest BCUT2D eigenvalue weighted by Crippen LogP contribution is -2.47. The van der Waals surface area contributed by atoms with Crippen LogP contribution in [0.15, 0.2) is 109 Å². The van der Waals surface area contributed by atoms with Gasteiger partial charge in [0.25, 0.3) is 0 Å². The first-order valence-electron chi connectivity index (χ1n) is 19.8. The fraction of sp³-hybridized carbons (Fsp3) is 0.511. The average molecular weight is 749 g/mol. The van der Waals surface area contributed by atoms with E-state index >= 15 is 0 Å². The van der Waals surface area contributed by atoms with Gasteiger partial charge in [-0.2, -0.15) is 0 Å². The summed E-state index contributed by atoms with van der Waals surface area (Å²) in [7, 11) is 0. The van der Waals surface area contributed by atoms with Gasteiger partial charge in [0.1, 0.15) is 12.1 Å². The van der Waals surface area contributed by atoms with E-state index in [2.05, 4.69) is 122 Å². The Balaban J connectivity index is 4.69. The van der Waals surface area contributed by atoms with Crippen LogP contribution in [0.5, 0.6) is 0 Å². The van der Waals surface area contributed by atoms with Crippen LogP contribution in [-0.4, -0.2) is 59.3 Å². The zero-order chi connectivity index (χ0) is 39.7. The second-order valence-corrected chi connectivity index (χ2v) is 12.6. The summed E-state index contributed by atoms with van der Waals surface area (Å²) in [5.41, 5.74) is 0. The molecule has 0 aromatic rings. The van der Waals surface area contributed by atoms with E-state index in [1.54, 1.807) is 0 Å². The van der Waals surface area contributed by atoms with Gasteiger partial charge in [-0.1, -0.05) is 117 Å². The zero-order valence-corrected chi connectivity index (χ0v) is 32.9. The van der Waals surface area contributed by atoms with Gasteiger partial charge in [0.15, 0.2) is 0 Å². The zero-order valence-electron chi connectivity index (χ0n) is 32.9.